The minimum Gasteiger partial charge on any atom is -0.462 e. The number of esters is 2. The maximum atomic E-state index is 12.6. The smallest absolute Gasteiger partial charge is 0.462 e. The van der Waals surface area contributed by atoms with Gasteiger partial charge in [0.25, 0.3) is 0 Å². The van der Waals surface area contributed by atoms with Gasteiger partial charge in [0, 0.05) is 12.8 Å². The molecule has 4 atom stereocenters. The van der Waals surface area contributed by atoms with Crippen LogP contribution in [0.4, 0.5) is 0 Å². The number of ether oxygens (including phenoxy) is 2. The van der Waals surface area contributed by atoms with Crippen molar-refractivity contribution in [2.24, 2.45) is 0 Å². The third-order valence-corrected chi connectivity index (χ3v) is 9.14. The van der Waals surface area contributed by atoms with E-state index in [1.165, 1.54) is 19.3 Å². The molecule has 0 aliphatic carbocycles. The van der Waals surface area contributed by atoms with Gasteiger partial charge < -0.3 is 29.7 Å². The van der Waals surface area contributed by atoms with Crippen molar-refractivity contribution >= 4 is 19.8 Å². The fourth-order valence-corrected chi connectivity index (χ4v) is 5.62. The number of hydrogen-bond acceptors (Lipinski definition) is 10. The summed E-state index contributed by atoms with van der Waals surface area (Å²) in [5.41, 5.74) is 0. The molecule has 0 heterocycles. The van der Waals surface area contributed by atoms with Crippen LogP contribution in [0.15, 0.2) is 85.1 Å². The Kier molecular flexibility index (Phi) is 36.9. The molecule has 4 N–H and O–H groups in total. The molecule has 0 amide bonds. The Morgan fingerprint density at radius 1 is 0.607 bits per heavy atom. The maximum Gasteiger partial charge on any atom is 0.472 e. The Labute approximate surface area is 337 Å². The summed E-state index contributed by atoms with van der Waals surface area (Å²) >= 11 is 0. The van der Waals surface area contributed by atoms with Crippen molar-refractivity contribution in [1.29, 1.82) is 0 Å². The SMILES string of the molecule is CCCCC/C=C\C/C=C\CCCCCCCC(=O)O[C@H](COC(=O)CCC/C=C\C/C=C\C/C=C\C/C=C\C=C\[C@@H](O)CC)COP(=O)(O)OC[C@@H](O)CO. The number of aliphatic hydroxyl groups excluding tert-OH is 3. The van der Waals surface area contributed by atoms with Crippen LogP contribution in [0.2, 0.25) is 0 Å². The van der Waals surface area contributed by atoms with Gasteiger partial charge in [0.1, 0.15) is 12.7 Å². The molecule has 0 aromatic rings. The first-order valence-corrected chi connectivity index (χ1v) is 22.1. The number of carbonyl (C=O) groups excluding carboxylic acids is 2. The third-order valence-electron chi connectivity index (χ3n) is 8.19. The molecule has 56 heavy (non-hydrogen) atoms. The van der Waals surface area contributed by atoms with E-state index in [9.17, 15) is 29.3 Å². The van der Waals surface area contributed by atoms with Crippen LogP contribution in [0, 0.1) is 0 Å². The topological polar surface area (TPSA) is 169 Å². The fraction of sp³-hybridized carbons (Fsp3) is 0.636. The molecule has 12 heteroatoms. The van der Waals surface area contributed by atoms with Gasteiger partial charge in [-0.3, -0.25) is 18.6 Å². The summed E-state index contributed by atoms with van der Waals surface area (Å²) in [5.74, 6) is -1.04. The average Bonchev–Trinajstić information content (AvgIpc) is 3.19. The Morgan fingerprint density at radius 2 is 1.12 bits per heavy atom. The molecule has 0 rings (SSSR count). The second kappa shape index (κ2) is 39.0. The summed E-state index contributed by atoms with van der Waals surface area (Å²) in [6.45, 7) is 1.90. The standard InChI is InChI=1S/C44H73O11P/c1-3-5-6-7-8-9-10-11-12-17-20-23-26-29-32-35-44(49)55-42(39-54-56(50,51)53-37-41(47)36-45)38-52-43(48)34-31-28-25-22-19-16-14-13-15-18-21-24-27-30-33-40(46)4-2/h8-9,11-12,14-16,18,22,24-25,27,30,33,40-42,45-47H,3-7,10,13,17,19-21,23,26,28-29,31-32,34-39H2,1-2H3,(H,50,51)/b9-8-,12-11-,16-14-,18-15-,25-22-,27-24-,33-30+/t40-,41-,42+/m0/s1. The van der Waals surface area contributed by atoms with Crippen molar-refractivity contribution in [3.8, 4) is 0 Å². The number of unbranched alkanes of at least 4 members (excludes halogenated alkanes) is 9. The van der Waals surface area contributed by atoms with Crippen LogP contribution in [-0.4, -0.2) is 76.9 Å². The molecule has 0 saturated carbocycles. The molecule has 0 aliphatic heterocycles. The van der Waals surface area contributed by atoms with E-state index in [1.54, 1.807) is 6.08 Å². The minimum atomic E-state index is -4.65. The number of hydrogen-bond donors (Lipinski definition) is 4. The first-order chi connectivity index (χ1) is 27.1. The molecule has 0 aliphatic rings. The number of aliphatic hydroxyl groups is 3. The van der Waals surface area contributed by atoms with Gasteiger partial charge in [-0.05, 0) is 77.0 Å². The second-order valence-electron chi connectivity index (χ2n) is 13.5. The van der Waals surface area contributed by atoms with Crippen LogP contribution in [0.1, 0.15) is 136 Å². The normalized spacial score (nSPS) is 15.3. The first-order valence-electron chi connectivity index (χ1n) is 20.7. The molecule has 0 aromatic carbocycles. The minimum absolute atomic E-state index is 0.141. The van der Waals surface area contributed by atoms with Crippen LogP contribution in [0.25, 0.3) is 0 Å². The van der Waals surface area contributed by atoms with Gasteiger partial charge >= 0.3 is 19.8 Å². The lowest BCUT2D eigenvalue weighted by atomic mass is 10.1. The van der Waals surface area contributed by atoms with E-state index in [4.69, 9.17) is 19.1 Å². The Morgan fingerprint density at radius 3 is 1.73 bits per heavy atom. The monoisotopic (exact) mass is 808 g/mol. The number of phosphoric acid groups is 1. The second-order valence-corrected chi connectivity index (χ2v) is 14.9. The summed E-state index contributed by atoms with van der Waals surface area (Å²) in [5, 5.41) is 27.8. The van der Waals surface area contributed by atoms with Crippen molar-refractivity contribution in [3.05, 3.63) is 85.1 Å². The van der Waals surface area contributed by atoms with E-state index < -0.39 is 57.9 Å². The highest BCUT2D eigenvalue weighted by Gasteiger charge is 2.27. The lowest BCUT2D eigenvalue weighted by Gasteiger charge is -2.20. The lowest BCUT2D eigenvalue weighted by Crippen LogP contribution is -2.29. The Bertz CT molecular complexity index is 1220. The zero-order valence-electron chi connectivity index (χ0n) is 34.2. The number of carbonyl (C=O) groups is 2. The molecule has 0 bridgehead atoms. The highest BCUT2D eigenvalue weighted by atomic mass is 31.2. The Balaban J connectivity index is 4.48. The average molecular weight is 809 g/mol. The van der Waals surface area contributed by atoms with E-state index >= 15 is 0 Å². The predicted molar refractivity (Wildman–Crippen MR) is 225 cm³/mol. The third kappa shape index (κ3) is 38.0. The van der Waals surface area contributed by atoms with E-state index in [0.29, 0.717) is 25.7 Å². The van der Waals surface area contributed by atoms with Crippen LogP contribution in [0.3, 0.4) is 0 Å². The molecule has 320 valence electrons. The summed E-state index contributed by atoms with van der Waals surface area (Å²) < 4.78 is 32.6. The van der Waals surface area contributed by atoms with E-state index in [2.05, 4.69) is 60.1 Å². The van der Waals surface area contributed by atoms with E-state index in [1.807, 2.05) is 37.3 Å². The number of allylic oxidation sites excluding steroid dienone is 13. The lowest BCUT2D eigenvalue weighted by molar-refractivity contribution is -0.161. The fourth-order valence-electron chi connectivity index (χ4n) is 4.83. The molecule has 0 aromatic heterocycles. The quantitative estimate of drug-likeness (QED) is 0.0155. The van der Waals surface area contributed by atoms with Gasteiger partial charge in [-0.15, -0.1) is 0 Å². The zero-order chi connectivity index (χ0) is 41.4. The largest absolute Gasteiger partial charge is 0.472 e. The van der Waals surface area contributed by atoms with Crippen molar-refractivity contribution < 1.29 is 52.9 Å². The van der Waals surface area contributed by atoms with Gasteiger partial charge in [0.15, 0.2) is 6.10 Å². The van der Waals surface area contributed by atoms with Crippen molar-refractivity contribution in [1.82, 2.24) is 0 Å². The molecule has 0 radical (unpaired) electrons. The summed E-state index contributed by atoms with van der Waals surface area (Å²) in [4.78, 5) is 34.9. The van der Waals surface area contributed by atoms with Crippen LogP contribution in [0.5, 0.6) is 0 Å². The molecule has 0 spiro atoms. The van der Waals surface area contributed by atoms with Gasteiger partial charge in [0.2, 0.25) is 0 Å². The van der Waals surface area contributed by atoms with Gasteiger partial charge in [-0.2, -0.15) is 0 Å². The molecular weight excluding hydrogens is 735 g/mol. The maximum absolute atomic E-state index is 12.6. The Hall–Kier alpha value is -2.89. The summed E-state index contributed by atoms with van der Waals surface area (Å²) in [7, 11) is -4.65. The highest BCUT2D eigenvalue weighted by Crippen LogP contribution is 2.43. The molecule has 0 fully saturated rings. The molecular formula is C44H73O11P. The van der Waals surface area contributed by atoms with Crippen molar-refractivity contribution in [2.45, 2.75) is 154 Å². The molecule has 11 nitrogen and oxygen atoms in total. The van der Waals surface area contributed by atoms with Crippen LogP contribution in [-0.2, 0) is 32.7 Å². The first kappa shape index (κ1) is 53.1. The van der Waals surface area contributed by atoms with Gasteiger partial charge in [-0.1, -0.05) is 131 Å². The zero-order valence-corrected chi connectivity index (χ0v) is 35.1. The summed E-state index contributed by atoms with van der Waals surface area (Å²) in [6.07, 6.45) is 42.2. The van der Waals surface area contributed by atoms with E-state index in [-0.39, 0.29) is 19.4 Å². The van der Waals surface area contributed by atoms with Gasteiger partial charge in [0.05, 0.1) is 25.9 Å². The highest BCUT2D eigenvalue weighted by molar-refractivity contribution is 7.47. The molecule has 1 unspecified atom stereocenters. The van der Waals surface area contributed by atoms with Crippen LogP contribution >= 0.6 is 7.82 Å². The van der Waals surface area contributed by atoms with Gasteiger partial charge in [-0.25, -0.2) is 4.57 Å². The number of phosphoric ester groups is 1. The van der Waals surface area contributed by atoms with Crippen LogP contribution < -0.4 is 0 Å². The predicted octanol–water partition coefficient (Wildman–Crippen LogP) is 9.63. The van der Waals surface area contributed by atoms with Crippen molar-refractivity contribution in [2.75, 3.05) is 26.4 Å². The van der Waals surface area contributed by atoms with E-state index in [0.717, 1.165) is 64.2 Å². The van der Waals surface area contributed by atoms with Crippen molar-refractivity contribution in [3.63, 3.8) is 0 Å². The summed E-state index contributed by atoms with van der Waals surface area (Å²) in [6, 6.07) is 0. The molecule has 0 saturated heterocycles. The number of rotatable bonds is 37.